The molecule has 0 radical (unpaired) electrons. The number of hydrogen-bond acceptors (Lipinski definition) is 6. The molecule has 4 atom stereocenters. The second-order valence-electron chi connectivity index (χ2n) is 7.56. The zero-order valence-electron chi connectivity index (χ0n) is 15.3. The highest BCUT2D eigenvalue weighted by molar-refractivity contribution is 5.87. The molecule has 0 aliphatic carbocycles. The maximum Gasteiger partial charge on any atom is 0.233 e. The van der Waals surface area contributed by atoms with Gasteiger partial charge < -0.3 is 15.2 Å². The Morgan fingerprint density at radius 3 is 2.93 bits per heavy atom. The van der Waals surface area contributed by atoms with E-state index in [1.165, 1.54) is 0 Å². The van der Waals surface area contributed by atoms with E-state index in [9.17, 15) is 9.50 Å². The van der Waals surface area contributed by atoms with Gasteiger partial charge in [-0.05, 0) is 31.0 Å². The number of benzene rings is 1. The number of aromatic nitrogens is 3. The van der Waals surface area contributed by atoms with Crippen molar-refractivity contribution in [2.45, 2.75) is 50.0 Å². The Kier molecular flexibility index (Phi) is 4.31. The van der Waals surface area contributed by atoms with Gasteiger partial charge in [0.1, 0.15) is 11.9 Å². The first kappa shape index (κ1) is 17.3. The number of pyridine rings is 1. The maximum atomic E-state index is 14.7. The molecule has 0 saturated carbocycles. The number of alkyl halides is 1. The van der Waals surface area contributed by atoms with Crippen LogP contribution in [0.2, 0.25) is 0 Å². The molecule has 2 aliphatic rings. The second kappa shape index (κ2) is 6.98. The van der Waals surface area contributed by atoms with Gasteiger partial charge in [-0.2, -0.15) is 0 Å². The highest BCUT2D eigenvalue weighted by atomic mass is 19.1. The molecule has 0 amide bonds. The quantitative estimate of drug-likeness (QED) is 0.725. The average molecular weight is 380 g/mol. The first-order valence-corrected chi connectivity index (χ1v) is 9.66. The van der Waals surface area contributed by atoms with E-state index in [1.807, 2.05) is 18.2 Å². The molecule has 4 heterocycles. The van der Waals surface area contributed by atoms with Crippen LogP contribution in [0, 0.1) is 0 Å². The van der Waals surface area contributed by atoms with Crippen LogP contribution in [-0.4, -0.2) is 44.6 Å². The largest absolute Gasteiger partial charge is 0.507 e. The SMILES string of the molecule is Oc1cc2ncccc2cc1-c1ccc(O[C@H]2CC3CCCC(N3)[C@H]2F)nn1. The van der Waals surface area contributed by atoms with Crippen molar-refractivity contribution in [1.82, 2.24) is 20.5 Å². The number of piperidine rings is 2. The van der Waals surface area contributed by atoms with Gasteiger partial charge in [0.25, 0.3) is 0 Å². The molecule has 2 saturated heterocycles. The first-order chi connectivity index (χ1) is 13.7. The number of phenols is 1. The van der Waals surface area contributed by atoms with E-state index in [0.29, 0.717) is 35.1 Å². The third-order valence-electron chi connectivity index (χ3n) is 5.68. The number of phenolic OH excluding ortho intramolecular Hbond substituents is 1. The maximum absolute atomic E-state index is 14.7. The minimum absolute atomic E-state index is 0.0872. The molecule has 2 fully saturated rings. The van der Waals surface area contributed by atoms with Gasteiger partial charge in [-0.15, -0.1) is 10.2 Å². The zero-order chi connectivity index (χ0) is 19.1. The molecule has 144 valence electrons. The summed E-state index contributed by atoms with van der Waals surface area (Å²) in [5.74, 6) is 0.391. The summed E-state index contributed by atoms with van der Waals surface area (Å²) in [6.45, 7) is 0. The highest BCUT2D eigenvalue weighted by Gasteiger charge is 2.41. The van der Waals surface area contributed by atoms with E-state index in [-0.39, 0.29) is 11.8 Å². The molecule has 2 aliphatic heterocycles. The standard InChI is InChI=1S/C21H21FN4O2/c22-21-16-5-1-4-13(24-16)10-19(21)28-20-7-6-15(25-26-20)14-9-12-3-2-8-23-17(12)11-18(14)27/h2-3,6-9,11,13,16,19,21,24,27H,1,4-5,10H2/t13?,16?,19-,21+/m0/s1. The van der Waals surface area contributed by atoms with Crippen LogP contribution in [0.1, 0.15) is 25.7 Å². The van der Waals surface area contributed by atoms with Crippen LogP contribution < -0.4 is 10.1 Å². The molecule has 2 aromatic heterocycles. The number of halogens is 1. The fourth-order valence-electron chi connectivity index (χ4n) is 4.27. The molecule has 2 bridgehead atoms. The molecule has 2 N–H and O–H groups in total. The Balaban J connectivity index is 1.37. The molecule has 6 nitrogen and oxygen atoms in total. The monoisotopic (exact) mass is 380 g/mol. The molecule has 5 rings (SSSR count). The summed E-state index contributed by atoms with van der Waals surface area (Å²) < 4.78 is 20.5. The lowest BCUT2D eigenvalue weighted by molar-refractivity contribution is 0.00652. The summed E-state index contributed by atoms with van der Waals surface area (Å²) in [4.78, 5) is 4.23. The fraction of sp³-hybridized carbons (Fsp3) is 0.381. The van der Waals surface area contributed by atoms with Crippen molar-refractivity contribution in [3.05, 3.63) is 42.6 Å². The van der Waals surface area contributed by atoms with Crippen LogP contribution in [0.5, 0.6) is 11.6 Å². The summed E-state index contributed by atoms with van der Waals surface area (Å²) in [7, 11) is 0. The topological polar surface area (TPSA) is 80.2 Å². The number of hydrogen-bond donors (Lipinski definition) is 2. The molecule has 1 aromatic carbocycles. The molecule has 2 unspecified atom stereocenters. The Hall–Kier alpha value is -2.80. The fourth-order valence-corrected chi connectivity index (χ4v) is 4.27. The van der Waals surface area contributed by atoms with E-state index in [1.54, 1.807) is 24.4 Å². The van der Waals surface area contributed by atoms with Crippen molar-refractivity contribution < 1.29 is 14.2 Å². The summed E-state index contributed by atoms with van der Waals surface area (Å²) >= 11 is 0. The Bertz CT molecular complexity index is 997. The third kappa shape index (κ3) is 3.16. The van der Waals surface area contributed by atoms with E-state index in [0.717, 1.165) is 24.6 Å². The van der Waals surface area contributed by atoms with Crippen LogP contribution in [0.4, 0.5) is 4.39 Å². The smallest absolute Gasteiger partial charge is 0.233 e. The summed E-state index contributed by atoms with van der Waals surface area (Å²) in [6.07, 6.45) is 3.74. The number of nitrogens with zero attached hydrogens (tertiary/aromatic N) is 3. The highest BCUT2D eigenvalue weighted by Crippen LogP contribution is 2.33. The van der Waals surface area contributed by atoms with E-state index in [4.69, 9.17) is 4.74 Å². The van der Waals surface area contributed by atoms with Gasteiger partial charge >= 0.3 is 0 Å². The minimum Gasteiger partial charge on any atom is -0.507 e. The van der Waals surface area contributed by atoms with Gasteiger partial charge in [-0.25, -0.2) is 4.39 Å². The normalized spacial score (nSPS) is 26.9. The predicted molar refractivity (Wildman–Crippen MR) is 103 cm³/mol. The lowest BCUT2D eigenvalue weighted by atomic mass is 9.84. The van der Waals surface area contributed by atoms with Gasteiger partial charge in [0.05, 0.1) is 11.2 Å². The van der Waals surface area contributed by atoms with Crippen molar-refractivity contribution in [3.8, 4) is 22.9 Å². The number of aromatic hydroxyl groups is 1. The lowest BCUT2D eigenvalue weighted by Gasteiger charge is -2.42. The zero-order valence-corrected chi connectivity index (χ0v) is 15.3. The van der Waals surface area contributed by atoms with Crippen LogP contribution in [0.3, 0.4) is 0 Å². The number of ether oxygens (including phenoxy) is 1. The number of fused-ring (bicyclic) bond motifs is 3. The minimum atomic E-state index is -1.05. The van der Waals surface area contributed by atoms with Crippen LogP contribution in [0.25, 0.3) is 22.2 Å². The average Bonchev–Trinajstić information content (AvgIpc) is 2.72. The first-order valence-electron chi connectivity index (χ1n) is 9.66. The van der Waals surface area contributed by atoms with Gasteiger partial charge in [0.2, 0.25) is 5.88 Å². The lowest BCUT2D eigenvalue weighted by Crippen LogP contribution is -2.59. The Morgan fingerprint density at radius 2 is 2.07 bits per heavy atom. The summed E-state index contributed by atoms with van der Waals surface area (Å²) in [5.41, 5.74) is 1.80. The van der Waals surface area contributed by atoms with Gasteiger partial charge in [-0.3, -0.25) is 4.98 Å². The summed E-state index contributed by atoms with van der Waals surface area (Å²) in [5, 5.41) is 22.9. The van der Waals surface area contributed by atoms with Crippen molar-refractivity contribution in [2.24, 2.45) is 0 Å². The van der Waals surface area contributed by atoms with Crippen LogP contribution in [-0.2, 0) is 0 Å². The molecule has 3 aromatic rings. The molecule has 28 heavy (non-hydrogen) atoms. The van der Waals surface area contributed by atoms with Crippen LogP contribution >= 0.6 is 0 Å². The van der Waals surface area contributed by atoms with Gasteiger partial charge in [0.15, 0.2) is 6.17 Å². The van der Waals surface area contributed by atoms with Gasteiger partial charge in [-0.1, -0.05) is 12.5 Å². The predicted octanol–water partition coefficient (Wildman–Crippen LogP) is 3.40. The van der Waals surface area contributed by atoms with Crippen molar-refractivity contribution in [2.75, 3.05) is 0 Å². The second-order valence-corrected chi connectivity index (χ2v) is 7.56. The Morgan fingerprint density at radius 1 is 1.14 bits per heavy atom. The van der Waals surface area contributed by atoms with Crippen LogP contribution in [0.15, 0.2) is 42.6 Å². The molecular formula is C21H21FN4O2. The summed E-state index contributed by atoms with van der Waals surface area (Å²) in [6, 6.07) is 10.8. The number of nitrogens with one attached hydrogen (secondary N) is 1. The van der Waals surface area contributed by atoms with Crippen molar-refractivity contribution >= 4 is 10.9 Å². The molecule has 0 spiro atoms. The molecular weight excluding hydrogens is 359 g/mol. The van der Waals surface area contributed by atoms with Crippen molar-refractivity contribution in [1.29, 1.82) is 0 Å². The van der Waals surface area contributed by atoms with E-state index < -0.39 is 12.3 Å². The number of rotatable bonds is 3. The van der Waals surface area contributed by atoms with E-state index >= 15 is 0 Å². The Labute approximate surface area is 161 Å². The van der Waals surface area contributed by atoms with Crippen molar-refractivity contribution in [3.63, 3.8) is 0 Å². The molecule has 7 heteroatoms. The van der Waals surface area contributed by atoms with E-state index in [2.05, 4.69) is 20.5 Å². The van der Waals surface area contributed by atoms with Gasteiger partial charge in [0, 0.05) is 47.8 Å². The third-order valence-corrected chi connectivity index (χ3v) is 5.68.